The Morgan fingerprint density at radius 2 is 2.00 bits per heavy atom. The van der Waals surface area contributed by atoms with Crippen molar-refractivity contribution < 1.29 is 14.4 Å². The Bertz CT molecular complexity index is 473. The largest absolute Gasteiger partial charge is 0.364 e. The van der Waals surface area contributed by atoms with E-state index in [1.54, 1.807) is 0 Å². The van der Waals surface area contributed by atoms with E-state index in [1.165, 1.54) is 19.1 Å². The molecule has 0 unspecified atom stereocenters. The molecule has 0 atom stereocenters. The number of hydrogen-bond acceptors (Lipinski definition) is 4. The van der Waals surface area contributed by atoms with E-state index in [1.807, 2.05) is 0 Å². The highest BCUT2D eigenvalue weighted by Gasteiger charge is 2.09. The third kappa shape index (κ3) is 4.20. The van der Waals surface area contributed by atoms with Gasteiger partial charge in [0.05, 0.1) is 0 Å². The van der Waals surface area contributed by atoms with Crippen LogP contribution in [0.1, 0.15) is 27.9 Å². The first kappa shape index (κ1) is 13.6. The third-order valence-electron chi connectivity index (χ3n) is 1.94. The summed E-state index contributed by atoms with van der Waals surface area (Å²) in [5.41, 5.74) is 5.01. The minimum absolute atomic E-state index is 0.0744. The van der Waals surface area contributed by atoms with Crippen LogP contribution in [0.4, 0.5) is 0 Å². The second-order valence-electron chi connectivity index (χ2n) is 3.43. The Kier molecular flexibility index (Phi) is 4.79. The zero-order chi connectivity index (χ0) is 13.5. The summed E-state index contributed by atoms with van der Waals surface area (Å²) in [4.78, 5) is 36.8. The molecular formula is C11H13N4O3. The topological polar surface area (TPSA) is 114 Å². The molecule has 1 aromatic heterocycles. The predicted octanol–water partition coefficient (Wildman–Crippen LogP) is -1.15. The van der Waals surface area contributed by atoms with Gasteiger partial charge < -0.3 is 16.4 Å². The summed E-state index contributed by atoms with van der Waals surface area (Å²) in [7, 11) is 0. The van der Waals surface area contributed by atoms with Gasteiger partial charge in [-0.1, -0.05) is 0 Å². The number of nitrogens with two attached hydrogens (primary N) is 1. The van der Waals surface area contributed by atoms with E-state index < -0.39 is 11.8 Å². The molecule has 7 nitrogen and oxygen atoms in total. The number of nitrogens with one attached hydrogen (secondary N) is 2. The number of hydrogen-bond donors (Lipinski definition) is 3. The van der Waals surface area contributed by atoms with Crippen molar-refractivity contribution in [1.29, 1.82) is 0 Å². The average Bonchev–Trinajstić information content (AvgIpc) is 2.34. The van der Waals surface area contributed by atoms with Crippen molar-refractivity contribution in [3.63, 3.8) is 0 Å². The molecule has 4 N–H and O–H groups in total. The molecule has 0 saturated carbocycles. The Morgan fingerprint density at radius 3 is 2.61 bits per heavy atom. The van der Waals surface area contributed by atoms with Crippen LogP contribution in [0, 0.1) is 6.07 Å². The molecule has 1 radical (unpaired) electrons. The lowest BCUT2D eigenvalue weighted by atomic mass is 10.3. The molecular weight excluding hydrogens is 236 g/mol. The molecule has 0 bridgehead atoms. The molecule has 0 fully saturated rings. The summed E-state index contributed by atoms with van der Waals surface area (Å²) in [5, 5.41) is 5.07. The summed E-state index contributed by atoms with van der Waals surface area (Å²) in [6, 6.07) is 5.34. The van der Waals surface area contributed by atoms with Gasteiger partial charge in [-0.3, -0.25) is 14.4 Å². The van der Waals surface area contributed by atoms with E-state index in [4.69, 9.17) is 5.73 Å². The van der Waals surface area contributed by atoms with E-state index >= 15 is 0 Å². The zero-order valence-corrected chi connectivity index (χ0v) is 9.82. The standard InChI is InChI=1S/C11H13N4O3/c1-7(16)13-5-6-14-11(18)9-4-2-3-8(15-9)10(12)17/h2,4H,5-6H2,1H3,(H2,12,17)(H,13,16)(H,14,18). The Labute approximate surface area is 104 Å². The Balaban J connectivity index is 2.53. The van der Waals surface area contributed by atoms with Crippen LogP contribution in [-0.2, 0) is 4.79 Å². The van der Waals surface area contributed by atoms with Crippen LogP contribution in [0.25, 0.3) is 0 Å². The zero-order valence-electron chi connectivity index (χ0n) is 9.82. The minimum Gasteiger partial charge on any atom is -0.364 e. The van der Waals surface area contributed by atoms with Crippen molar-refractivity contribution in [2.45, 2.75) is 6.92 Å². The van der Waals surface area contributed by atoms with Gasteiger partial charge in [-0.25, -0.2) is 4.98 Å². The number of pyridine rings is 1. The van der Waals surface area contributed by atoms with Crippen LogP contribution in [0.2, 0.25) is 0 Å². The average molecular weight is 249 g/mol. The first-order valence-electron chi connectivity index (χ1n) is 5.22. The van der Waals surface area contributed by atoms with E-state index in [2.05, 4.69) is 21.7 Å². The first-order chi connectivity index (χ1) is 8.50. The number of aromatic nitrogens is 1. The van der Waals surface area contributed by atoms with Crippen molar-refractivity contribution in [2.75, 3.05) is 13.1 Å². The van der Waals surface area contributed by atoms with Crippen LogP contribution in [0.5, 0.6) is 0 Å². The summed E-state index contributed by atoms with van der Waals surface area (Å²) in [6.07, 6.45) is 0. The second-order valence-corrected chi connectivity index (χ2v) is 3.43. The Morgan fingerprint density at radius 1 is 1.33 bits per heavy atom. The van der Waals surface area contributed by atoms with Gasteiger partial charge in [0, 0.05) is 26.1 Å². The molecule has 3 amide bonds. The summed E-state index contributed by atoms with van der Waals surface area (Å²) in [6.45, 7) is 1.98. The molecule has 0 saturated heterocycles. The van der Waals surface area contributed by atoms with Crippen molar-refractivity contribution in [2.24, 2.45) is 5.73 Å². The molecule has 18 heavy (non-hydrogen) atoms. The fourth-order valence-electron chi connectivity index (χ4n) is 1.15. The Hall–Kier alpha value is -2.44. The van der Waals surface area contributed by atoms with Gasteiger partial charge in [0.25, 0.3) is 11.8 Å². The maximum atomic E-state index is 11.6. The lowest BCUT2D eigenvalue weighted by Crippen LogP contribution is -2.34. The van der Waals surface area contributed by atoms with Gasteiger partial charge in [0.1, 0.15) is 11.4 Å². The molecule has 1 rings (SSSR count). The van der Waals surface area contributed by atoms with Gasteiger partial charge in [-0.05, 0) is 12.1 Å². The first-order valence-corrected chi connectivity index (χ1v) is 5.22. The molecule has 0 aliphatic rings. The van der Waals surface area contributed by atoms with Crippen molar-refractivity contribution in [3.05, 3.63) is 29.6 Å². The number of primary amides is 1. The summed E-state index contributed by atoms with van der Waals surface area (Å²) >= 11 is 0. The normalized spacial score (nSPS) is 9.61. The highest BCUT2D eigenvalue weighted by atomic mass is 16.2. The van der Waals surface area contributed by atoms with Gasteiger partial charge >= 0.3 is 0 Å². The van der Waals surface area contributed by atoms with Crippen LogP contribution in [0.15, 0.2) is 12.1 Å². The van der Waals surface area contributed by atoms with Crippen LogP contribution in [-0.4, -0.2) is 35.8 Å². The lowest BCUT2D eigenvalue weighted by Gasteiger charge is -2.05. The molecule has 0 aliphatic heterocycles. The monoisotopic (exact) mass is 249 g/mol. The van der Waals surface area contributed by atoms with E-state index in [0.717, 1.165) is 0 Å². The molecule has 1 aromatic rings. The minimum atomic E-state index is -0.747. The van der Waals surface area contributed by atoms with Crippen LogP contribution >= 0.6 is 0 Å². The molecule has 0 aromatic carbocycles. The molecule has 0 spiro atoms. The van der Waals surface area contributed by atoms with Gasteiger partial charge in [0.2, 0.25) is 5.91 Å². The van der Waals surface area contributed by atoms with Gasteiger partial charge in [-0.2, -0.15) is 0 Å². The fraction of sp³-hybridized carbons (Fsp3) is 0.273. The third-order valence-corrected chi connectivity index (χ3v) is 1.94. The highest BCUT2D eigenvalue weighted by molar-refractivity contribution is 5.95. The predicted molar refractivity (Wildman–Crippen MR) is 62.6 cm³/mol. The number of carbonyl (C=O) groups excluding carboxylic acids is 3. The van der Waals surface area contributed by atoms with Crippen LogP contribution in [0.3, 0.4) is 0 Å². The lowest BCUT2D eigenvalue weighted by molar-refractivity contribution is -0.118. The van der Waals surface area contributed by atoms with E-state index in [0.29, 0.717) is 6.54 Å². The van der Waals surface area contributed by atoms with Crippen molar-refractivity contribution in [3.8, 4) is 0 Å². The fourth-order valence-corrected chi connectivity index (χ4v) is 1.15. The number of amides is 3. The number of rotatable bonds is 5. The highest BCUT2D eigenvalue weighted by Crippen LogP contribution is 1.97. The maximum absolute atomic E-state index is 11.6. The van der Waals surface area contributed by atoms with Crippen molar-refractivity contribution >= 4 is 17.7 Å². The van der Waals surface area contributed by atoms with E-state index in [9.17, 15) is 14.4 Å². The van der Waals surface area contributed by atoms with Crippen molar-refractivity contribution in [1.82, 2.24) is 15.6 Å². The number of carbonyl (C=O) groups is 3. The SMILES string of the molecule is CC(=O)NCCNC(=O)c1cc[c]c(C(N)=O)n1. The molecule has 1 heterocycles. The molecule has 7 heteroatoms. The molecule has 0 aliphatic carbocycles. The smallest absolute Gasteiger partial charge is 0.269 e. The number of nitrogens with zero attached hydrogens (tertiary/aromatic N) is 1. The van der Waals surface area contributed by atoms with Gasteiger partial charge in [-0.15, -0.1) is 0 Å². The maximum Gasteiger partial charge on any atom is 0.269 e. The van der Waals surface area contributed by atoms with Gasteiger partial charge in [0.15, 0.2) is 0 Å². The molecule has 95 valence electrons. The summed E-state index contributed by atoms with van der Waals surface area (Å²) < 4.78 is 0. The van der Waals surface area contributed by atoms with E-state index in [-0.39, 0.29) is 23.8 Å². The summed E-state index contributed by atoms with van der Waals surface area (Å²) in [5.74, 6) is -1.37. The quantitative estimate of drug-likeness (QED) is 0.571. The van der Waals surface area contributed by atoms with Crippen LogP contribution < -0.4 is 16.4 Å². The second kappa shape index (κ2) is 6.33.